The van der Waals surface area contributed by atoms with Gasteiger partial charge in [0.05, 0.1) is 6.42 Å². The van der Waals surface area contributed by atoms with Crippen LogP contribution in [0.25, 0.3) is 0 Å². The summed E-state index contributed by atoms with van der Waals surface area (Å²) < 4.78 is 0. The SMILES string of the molecule is Cc1cc(C)nc(Sc2ccc(NC(=O)Cc3ccccc3C)cc2)n1. The second kappa shape index (κ2) is 8.15. The Labute approximate surface area is 158 Å². The third-order valence-electron chi connectivity index (χ3n) is 3.92. The van der Waals surface area contributed by atoms with E-state index in [-0.39, 0.29) is 5.91 Å². The molecule has 5 heteroatoms. The summed E-state index contributed by atoms with van der Waals surface area (Å²) in [5.41, 5.74) is 4.88. The molecule has 2 aromatic carbocycles. The molecular weight excluding hydrogens is 342 g/mol. The Morgan fingerprint density at radius 3 is 2.27 bits per heavy atom. The molecule has 1 N–H and O–H groups in total. The Morgan fingerprint density at radius 1 is 0.962 bits per heavy atom. The molecule has 1 heterocycles. The summed E-state index contributed by atoms with van der Waals surface area (Å²) in [7, 11) is 0. The van der Waals surface area contributed by atoms with Crippen LogP contribution in [0, 0.1) is 20.8 Å². The van der Waals surface area contributed by atoms with Gasteiger partial charge in [-0.05, 0) is 74.0 Å². The Balaban J connectivity index is 1.62. The zero-order chi connectivity index (χ0) is 18.5. The predicted octanol–water partition coefficient (Wildman–Crippen LogP) is 4.73. The van der Waals surface area contributed by atoms with Crippen molar-refractivity contribution in [1.29, 1.82) is 0 Å². The van der Waals surface area contributed by atoms with E-state index in [2.05, 4.69) is 15.3 Å². The lowest BCUT2D eigenvalue weighted by Gasteiger charge is -2.08. The molecule has 0 atom stereocenters. The summed E-state index contributed by atoms with van der Waals surface area (Å²) in [4.78, 5) is 22.2. The molecule has 0 aliphatic carbocycles. The molecule has 0 aliphatic heterocycles. The molecule has 0 bridgehead atoms. The van der Waals surface area contributed by atoms with Gasteiger partial charge in [-0.25, -0.2) is 9.97 Å². The number of carbonyl (C=O) groups is 1. The molecule has 0 saturated carbocycles. The molecule has 4 nitrogen and oxygen atoms in total. The van der Waals surface area contributed by atoms with Crippen molar-refractivity contribution in [3.05, 3.63) is 77.1 Å². The number of benzene rings is 2. The fraction of sp³-hybridized carbons (Fsp3) is 0.190. The zero-order valence-corrected chi connectivity index (χ0v) is 15.9. The first kappa shape index (κ1) is 18.1. The fourth-order valence-corrected chi connectivity index (χ4v) is 3.50. The molecule has 0 radical (unpaired) electrons. The van der Waals surface area contributed by atoms with Gasteiger partial charge in [0.2, 0.25) is 5.91 Å². The van der Waals surface area contributed by atoms with Gasteiger partial charge in [-0.1, -0.05) is 24.3 Å². The summed E-state index contributed by atoms with van der Waals surface area (Å²) in [6, 6.07) is 17.6. The third-order valence-corrected chi connectivity index (χ3v) is 4.79. The van der Waals surface area contributed by atoms with Crippen LogP contribution in [0.15, 0.2) is 64.6 Å². The third kappa shape index (κ3) is 4.92. The predicted molar refractivity (Wildman–Crippen MR) is 106 cm³/mol. The average molecular weight is 363 g/mol. The molecular formula is C21H21N3OS. The molecule has 0 unspecified atom stereocenters. The molecule has 0 aliphatic rings. The van der Waals surface area contributed by atoms with Crippen molar-refractivity contribution in [3.8, 4) is 0 Å². The van der Waals surface area contributed by atoms with Crippen LogP contribution in [-0.2, 0) is 11.2 Å². The minimum Gasteiger partial charge on any atom is -0.326 e. The van der Waals surface area contributed by atoms with Crippen molar-refractivity contribution in [1.82, 2.24) is 9.97 Å². The highest BCUT2D eigenvalue weighted by atomic mass is 32.2. The summed E-state index contributed by atoms with van der Waals surface area (Å²) in [5.74, 6) is -0.0163. The Hall–Kier alpha value is -2.66. The summed E-state index contributed by atoms with van der Waals surface area (Å²) in [6.45, 7) is 5.95. The van der Waals surface area contributed by atoms with Gasteiger partial charge >= 0.3 is 0 Å². The number of anilines is 1. The second-order valence-electron chi connectivity index (χ2n) is 6.21. The van der Waals surface area contributed by atoms with Crippen LogP contribution >= 0.6 is 11.8 Å². The first-order valence-corrected chi connectivity index (χ1v) is 9.26. The maximum atomic E-state index is 12.2. The highest BCUT2D eigenvalue weighted by Gasteiger charge is 2.07. The first-order valence-electron chi connectivity index (χ1n) is 8.44. The normalized spacial score (nSPS) is 10.6. The van der Waals surface area contributed by atoms with E-state index in [1.165, 1.54) is 11.8 Å². The maximum Gasteiger partial charge on any atom is 0.228 e. The van der Waals surface area contributed by atoms with Gasteiger partial charge in [0.15, 0.2) is 5.16 Å². The molecule has 0 fully saturated rings. The number of aromatic nitrogens is 2. The van der Waals surface area contributed by atoms with Gasteiger partial charge in [-0.3, -0.25) is 4.79 Å². The van der Waals surface area contributed by atoms with Crippen molar-refractivity contribution in [2.45, 2.75) is 37.2 Å². The van der Waals surface area contributed by atoms with Crippen molar-refractivity contribution in [2.75, 3.05) is 5.32 Å². The Kier molecular flexibility index (Phi) is 5.68. The number of hydrogen-bond donors (Lipinski definition) is 1. The molecule has 1 aromatic heterocycles. The number of amides is 1. The average Bonchev–Trinajstić information content (AvgIpc) is 2.58. The number of nitrogens with zero attached hydrogens (tertiary/aromatic N) is 2. The van der Waals surface area contributed by atoms with Gasteiger partial charge in [-0.15, -0.1) is 0 Å². The zero-order valence-electron chi connectivity index (χ0n) is 15.1. The fourth-order valence-electron chi connectivity index (χ4n) is 2.64. The number of hydrogen-bond acceptors (Lipinski definition) is 4. The van der Waals surface area contributed by atoms with Crippen molar-refractivity contribution in [3.63, 3.8) is 0 Å². The lowest BCUT2D eigenvalue weighted by Crippen LogP contribution is -2.14. The molecule has 1 amide bonds. The van der Waals surface area contributed by atoms with E-state index in [1.54, 1.807) is 0 Å². The van der Waals surface area contributed by atoms with Crippen LogP contribution in [0.3, 0.4) is 0 Å². The van der Waals surface area contributed by atoms with Crippen LogP contribution in [0.5, 0.6) is 0 Å². The maximum absolute atomic E-state index is 12.2. The minimum atomic E-state index is -0.0163. The summed E-state index contributed by atoms with van der Waals surface area (Å²) in [5, 5.41) is 3.68. The monoisotopic (exact) mass is 363 g/mol. The Morgan fingerprint density at radius 2 is 1.62 bits per heavy atom. The molecule has 26 heavy (non-hydrogen) atoms. The second-order valence-corrected chi connectivity index (χ2v) is 7.25. The van der Waals surface area contributed by atoms with E-state index in [0.717, 1.165) is 38.3 Å². The first-order chi connectivity index (χ1) is 12.5. The Bertz CT molecular complexity index is 903. The number of nitrogens with one attached hydrogen (secondary N) is 1. The van der Waals surface area contributed by atoms with Gasteiger partial charge in [0.25, 0.3) is 0 Å². The van der Waals surface area contributed by atoms with E-state index in [0.29, 0.717) is 6.42 Å². The number of aryl methyl sites for hydroxylation is 3. The highest BCUT2D eigenvalue weighted by Crippen LogP contribution is 2.26. The highest BCUT2D eigenvalue weighted by molar-refractivity contribution is 7.99. The van der Waals surface area contributed by atoms with Crippen LogP contribution in [0.4, 0.5) is 5.69 Å². The lowest BCUT2D eigenvalue weighted by atomic mass is 10.1. The minimum absolute atomic E-state index is 0.0163. The molecule has 0 saturated heterocycles. The number of rotatable bonds is 5. The van der Waals surface area contributed by atoms with Gasteiger partial charge < -0.3 is 5.32 Å². The van der Waals surface area contributed by atoms with Crippen LogP contribution < -0.4 is 5.32 Å². The summed E-state index contributed by atoms with van der Waals surface area (Å²) >= 11 is 1.51. The van der Waals surface area contributed by atoms with E-state index in [9.17, 15) is 4.79 Å². The van der Waals surface area contributed by atoms with E-state index < -0.39 is 0 Å². The number of carbonyl (C=O) groups excluding carboxylic acids is 1. The van der Waals surface area contributed by atoms with Crippen molar-refractivity contribution in [2.24, 2.45) is 0 Å². The van der Waals surface area contributed by atoms with Gasteiger partial charge in [-0.2, -0.15) is 0 Å². The molecule has 3 aromatic rings. The van der Waals surface area contributed by atoms with Crippen LogP contribution in [-0.4, -0.2) is 15.9 Å². The van der Waals surface area contributed by atoms with E-state index >= 15 is 0 Å². The smallest absolute Gasteiger partial charge is 0.228 e. The van der Waals surface area contributed by atoms with Crippen LogP contribution in [0.2, 0.25) is 0 Å². The topological polar surface area (TPSA) is 54.9 Å². The van der Waals surface area contributed by atoms with Crippen LogP contribution in [0.1, 0.15) is 22.5 Å². The molecule has 3 rings (SSSR count). The van der Waals surface area contributed by atoms with Crippen molar-refractivity contribution >= 4 is 23.4 Å². The molecule has 132 valence electrons. The van der Waals surface area contributed by atoms with E-state index in [4.69, 9.17) is 0 Å². The van der Waals surface area contributed by atoms with E-state index in [1.807, 2.05) is 75.4 Å². The largest absolute Gasteiger partial charge is 0.326 e. The van der Waals surface area contributed by atoms with Crippen molar-refractivity contribution < 1.29 is 4.79 Å². The lowest BCUT2D eigenvalue weighted by molar-refractivity contribution is -0.115. The summed E-state index contributed by atoms with van der Waals surface area (Å²) in [6.07, 6.45) is 0.375. The molecule has 0 spiro atoms. The van der Waals surface area contributed by atoms with Gasteiger partial charge in [0, 0.05) is 22.0 Å². The standard InChI is InChI=1S/C21H21N3OS/c1-14-6-4-5-7-17(14)13-20(25)24-18-8-10-19(11-9-18)26-21-22-15(2)12-16(3)23-21/h4-12H,13H2,1-3H3,(H,24,25). The van der Waals surface area contributed by atoms with Gasteiger partial charge in [0.1, 0.15) is 0 Å². The quantitative estimate of drug-likeness (QED) is 0.666.